The maximum Gasteiger partial charge on any atom is 0.227 e. The van der Waals surface area contributed by atoms with E-state index in [0.717, 1.165) is 24.3 Å². The Labute approximate surface area is 126 Å². The molecule has 0 aromatic heterocycles. The van der Waals surface area contributed by atoms with Gasteiger partial charge >= 0.3 is 0 Å². The van der Waals surface area contributed by atoms with Gasteiger partial charge in [0, 0.05) is 18.2 Å². The zero-order valence-corrected chi connectivity index (χ0v) is 12.5. The Kier molecular flexibility index (Phi) is 7.41. The summed E-state index contributed by atoms with van der Waals surface area (Å²) >= 11 is 0. The van der Waals surface area contributed by atoms with Gasteiger partial charge in [0.2, 0.25) is 5.91 Å². The topological polar surface area (TPSA) is 64.3 Å². The van der Waals surface area contributed by atoms with Gasteiger partial charge < -0.3 is 15.8 Å². The average molecular weight is 299 g/mol. The van der Waals surface area contributed by atoms with Crippen LogP contribution in [-0.2, 0) is 4.79 Å². The first-order chi connectivity index (χ1) is 9.29. The second-order valence-corrected chi connectivity index (χ2v) is 4.99. The minimum atomic E-state index is 0. The smallest absolute Gasteiger partial charge is 0.227 e. The number of rotatable bonds is 5. The van der Waals surface area contributed by atoms with Gasteiger partial charge in [-0.25, -0.2) is 0 Å². The van der Waals surface area contributed by atoms with Crippen molar-refractivity contribution in [3.63, 3.8) is 0 Å². The summed E-state index contributed by atoms with van der Waals surface area (Å²) in [4.78, 5) is 12.1. The number of hydrogen-bond acceptors (Lipinski definition) is 3. The van der Waals surface area contributed by atoms with E-state index in [-0.39, 0.29) is 24.2 Å². The fourth-order valence-corrected chi connectivity index (χ4v) is 2.42. The molecule has 1 aliphatic rings. The minimum Gasteiger partial charge on any atom is -0.492 e. The van der Waals surface area contributed by atoms with Gasteiger partial charge in [-0.2, -0.15) is 0 Å². The van der Waals surface area contributed by atoms with Crippen LogP contribution in [0.25, 0.3) is 0 Å². The number of halogens is 1. The van der Waals surface area contributed by atoms with Crippen LogP contribution in [0.3, 0.4) is 0 Å². The Bertz CT molecular complexity index is 403. The van der Waals surface area contributed by atoms with Crippen LogP contribution >= 0.6 is 12.4 Å². The maximum atomic E-state index is 12.1. The zero-order chi connectivity index (χ0) is 13.5. The van der Waals surface area contributed by atoms with Crippen molar-refractivity contribution >= 4 is 24.0 Å². The summed E-state index contributed by atoms with van der Waals surface area (Å²) in [6.45, 7) is 1.01. The van der Waals surface area contributed by atoms with Crippen LogP contribution in [-0.4, -0.2) is 19.1 Å². The number of ether oxygens (including phenoxy) is 1. The molecule has 20 heavy (non-hydrogen) atoms. The van der Waals surface area contributed by atoms with Crippen molar-refractivity contribution < 1.29 is 9.53 Å². The van der Waals surface area contributed by atoms with Crippen molar-refractivity contribution in [3.05, 3.63) is 24.3 Å². The van der Waals surface area contributed by atoms with Crippen molar-refractivity contribution in [2.45, 2.75) is 32.1 Å². The predicted molar refractivity (Wildman–Crippen MR) is 83.4 cm³/mol. The second kappa shape index (κ2) is 8.82. The molecule has 3 N–H and O–H groups in total. The normalized spacial score (nSPS) is 15.2. The van der Waals surface area contributed by atoms with Gasteiger partial charge in [0.05, 0.1) is 0 Å². The maximum absolute atomic E-state index is 12.1. The number of benzene rings is 1. The first-order valence-corrected chi connectivity index (χ1v) is 7.03. The lowest BCUT2D eigenvalue weighted by atomic mass is 9.88. The Morgan fingerprint density at radius 3 is 2.45 bits per heavy atom. The predicted octanol–water partition coefficient (Wildman–Crippen LogP) is 2.96. The summed E-state index contributed by atoms with van der Waals surface area (Å²) < 4.78 is 5.39. The molecular formula is C15H23ClN2O2. The molecule has 0 radical (unpaired) electrons. The summed E-state index contributed by atoms with van der Waals surface area (Å²) in [6.07, 6.45) is 5.64. The third-order valence-corrected chi connectivity index (χ3v) is 3.48. The molecule has 0 spiro atoms. The molecule has 4 nitrogen and oxygen atoms in total. The fraction of sp³-hybridized carbons (Fsp3) is 0.533. The van der Waals surface area contributed by atoms with Crippen molar-refractivity contribution in [1.82, 2.24) is 0 Å². The molecule has 0 aliphatic heterocycles. The zero-order valence-electron chi connectivity index (χ0n) is 11.6. The van der Waals surface area contributed by atoms with Gasteiger partial charge in [-0.05, 0) is 37.1 Å². The molecule has 0 saturated heterocycles. The van der Waals surface area contributed by atoms with E-state index in [4.69, 9.17) is 10.5 Å². The highest BCUT2D eigenvalue weighted by atomic mass is 35.5. The van der Waals surface area contributed by atoms with E-state index in [9.17, 15) is 4.79 Å². The van der Waals surface area contributed by atoms with E-state index in [0.29, 0.717) is 13.2 Å². The Morgan fingerprint density at radius 2 is 1.85 bits per heavy atom. The van der Waals surface area contributed by atoms with E-state index in [1.807, 2.05) is 24.3 Å². The Balaban J connectivity index is 0.00000200. The lowest BCUT2D eigenvalue weighted by Crippen LogP contribution is -2.24. The number of carbonyl (C=O) groups excluding carboxylic acids is 1. The van der Waals surface area contributed by atoms with E-state index in [1.165, 1.54) is 19.3 Å². The average Bonchev–Trinajstić information content (AvgIpc) is 2.47. The van der Waals surface area contributed by atoms with E-state index >= 15 is 0 Å². The summed E-state index contributed by atoms with van der Waals surface area (Å²) in [5.41, 5.74) is 6.20. The molecule has 0 atom stereocenters. The quantitative estimate of drug-likeness (QED) is 0.878. The summed E-state index contributed by atoms with van der Waals surface area (Å²) in [5, 5.41) is 2.98. The van der Waals surface area contributed by atoms with Gasteiger partial charge in [0.25, 0.3) is 0 Å². The third kappa shape index (κ3) is 5.02. The van der Waals surface area contributed by atoms with E-state index < -0.39 is 0 Å². The summed E-state index contributed by atoms with van der Waals surface area (Å²) in [5.74, 6) is 1.11. The van der Waals surface area contributed by atoms with Crippen molar-refractivity contribution in [1.29, 1.82) is 0 Å². The van der Waals surface area contributed by atoms with Crippen LogP contribution in [0.1, 0.15) is 32.1 Å². The monoisotopic (exact) mass is 298 g/mol. The molecule has 0 bridgehead atoms. The highest BCUT2D eigenvalue weighted by Gasteiger charge is 2.20. The van der Waals surface area contributed by atoms with Crippen LogP contribution in [0.5, 0.6) is 5.75 Å². The van der Waals surface area contributed by atoms with Crippen molar-refractivity contribution in [3.8, 4) is 5.75 Å². The molecule has 1 fully saturated rings. The number of anilines is 1. The summed E-state index contributed by atoms with van der Waals surface area (Å²) in [6, 6.07) is 7.44. The van der Waals surface area contributed by atoms with Gasteiger partial charge in [-0.1, -0.05) is 19.3 Å². The minimum absolute atomic E-state index is 0. The van der Waals surface area contributed by atoms with Crippen LogP contribution in [0, 0.1) is 5.92 Å². The number of hydrogen-bond donors (Lipinski definition) is 2. The molecular weight excluding hydrogens is 276 g/mol. The molecule has 5 heteroatoms. The highest BCUT2D eigenvalue weighted by molar-refractivity contribution is 5.92. The SMILES string of the molecule is Cl.NCCOc1ccc(NC(=O)C2CCCCC2)cc1. The molecule has 112 valence electrons. The molecule has 1 aliphatic carbocycles. The van der Waals surface area contributed by atoms with Crippen molar-refractivity contribution in [2.75, 3.05) is 18.5 Å². The van der Waals surface area contributed by atoms with Gasteiger partial charge in [-0.15, -0.1) is 12.4 Å². The number of nitrogens with two attached hydrogens (primary N) is 1. The standard InChI is InChI=1S/C15H22N2O2.ClH/c16-10-11-19-14-8-6-13(7-9-14)17-15(18)12-4-2-1-3-5-12;/h6-9,12H,1-5,10-11,16H2,(H,17,18);1H. The largest absolute Gasteiger partial charge is 0.492 e. The summed E-state index contributed by atoms with van der Waals surface area (Å²) in [7, 11) is 0. The lowest BCUT2D eigenvalue weighted by molar-refractivity contribution is -0.120. The number of carbonyl (C=O) groups is 1. The Hall–Kier alpha value is -1.26. The first-order valence-electron chi connectivity index (χ1n) is 7.03. The van der Waals surface area contributed by atoms with Gasteiger partial charge in [0.15, 0.2) is 0 Å². The van der Waals surface area contributed by atoms with E-state index in [2.05, 4.69) is 5.32 Å². The lowest BCUT2D eigenvalue weighted by Gasteiger charge is -2.20. The van der Waals surface area contributed by atoms with Gasteiger partial charge in [-0.3, -0.25) is 4.79 Å². The highest BCUT2D eigenvalue weighted by Crippen LogP contribution is 2.25. The Morgan fingerprint density at radius 1 is 1.20 bits per heavy atom. The second-order valence-electron chi connectivity index (χ2n) is 4.99. The van der Waals surface area contributed by atoms with E-state index in [1.54, 1.807) is 0 Å². The molecule has 2 rings (SSSR count). The first kappa shape index (κ1) is 16.8. The van der Waals surface area contributed by atoms with Gasteiger partial charge in [0.1, 0.15) is 12.4 Å². The van der Waals surface area contributed by atoms with Crippen molar-refractivity contribution in [2.24, 2.45) is 11.7 Å². The number of amides is 1. The van der Waals surface area contributed by atoms with Crippen LogP contribution in [0.4, 0.5) is 5.69 Å². The third-order valence-electron chi connectivity index (χ3n) is 3.48. The van der Waals surface area contributed by atoms with Crippen LogP contribution in [0.2, 0.25) is 0 Å². The molecule has 1 aromatic carbocycles. The molecule has 1 aromatic rings. The number of nitrogens with one attached hydrogen (secondary N) is 1. The molecule has 0 unspecified atom stereocenters. The fourth-order valence-electron chi connectivity index (χ4n) is 2.42. The van der Waals surface area contributed by atoms with Crippen LogP contribution < -0.4 is 15.8 Å². The molecule has 0 heterocycles. The molecule has 1 amide bonds. The molecule has 1 saturated carbocycles. The van der Waals surface area contributed by atoms with Crippen LogP contribution in [0.15, 0.2) is 24.3 Å².